The SMILES string of the molecule is CCCCc1ccc(CC(=O)N2CCCC2CNC)cc1. The van der Waals surface area contributed by atoms with Crippen LogP contribution in [0.5, 0.6) is 0 Å². The van der Waals surface area contributed by atoms with E-state index in [1.54, 1.807) is 0 Å². The molecule has 1 heterocycles. The first-order valence-corrected chi connectivity index (χ1v) is 8.26. The lowest BCUT2D eigenvalue weighted by molar-refractivity contribution is -0.131. The van der Waals surface area contributed by atoms with Crippen LogP contribution in [0, 0.1) is 0 Å². The van der Waals surface area contributed by atoms with Crippen LogP contribution < -0.4 is 5.32 Å². The summed E-state index contributed by atoms with van der Waals surface area (Å²) in [5, 5.41) is 3.19. The summed E-state index contributed by atoms with van der Waals surface area (Å²) in [6.07, 6.45) is 6.39. The summed E-state index contributed by atoms with van der Waals surface area (Å²) in [4.78, 5) is 14.5. The molecule has 3 nitrogen and oxygen atoms in total. The average Bonchev–Trinajstić information content (AvgIpc) is 2.95. The van der Waals surface area contributed by atoms with Gasteiger partial charge in [0, 0.05) is 19.1 Å². The van der Waals surface area contributed by atoms with Gasteiger partial charge in [-0.3, -0.25) is 4.79 Å². The number of unbranched alkanes of at least 4 members (excludes halogenated alkanes) is 1. The zero-order valence-electron chi connectivity index (χ0n) is 13.4. The molecule has 21 heavy (non-hydrogen) atoms. The van der Waals surface area contributed by atoms with E-state index in [-0.39, 0.29) is 5.91 Å². The van der Waals surface area contributed by atoms with Gasteiger partial charge in [-0.2, -0.15) is 0 Å². The fourth-order valence-electron chi connectivity index (χ4n) is 3.09. The number of nitrogens with one attached hydrogen (secondary N) is 1. The van der Waals surface area contributed by atoms with E-state index in [1.807, 2.05) is 7.05 Å². The molecule has 0 spiro atoms. The maximum absolute atomic E-state index is 12.5. The minimum absolute atomic E-state index is 0.272. The Labute approximate surface area is 128 Å². The van der Waals surface area contributed by atoms with Gasteiger partial charge in [-0.1, -0.05) is 37.6 Å². The number of likely N-dealkylation sites (tertiary alicyclic amines) is 1. The Morgan fingerprint density at radius 3 is 2.67 bits per heavy atom. The van der Waals surface area contributed by atoms with E-state index in [0.29, 0.717) is 12.5 Å². The highest BCUT2D eigenvalue weighted by Gasteiger charge is 2.27. The van der Waals surface area contributed by atoms with Gasteiger partial charge in [-0.25, -0.2) is 0 Å². The van der Waals surface area contributed by atoms with Gasteiger partial charge in [0.05, 0.1) is 6.42 Å². The Morgan fingerprint density at radius 1 is 1.29 bits per heavy atom. The summed E-state index contributed by atoms with van der Waals surface area (Å²) in [6.45, 7) is 4.03. The number of hydrogen-bond donors (Lipinski definition) is 1. The van der Waals surface area contributed by atoms with Gasteiger partial charge >= 0.3 is 0 Å². The van der Waals surface area contributed by atoms with Crippen molar-refractivity contribution in [3.63, 3.8) is 0 Å². The molecule has 1 N–H and O–H groups in total. The molecule has 1 amide bonds. The van der Waals surface area contributed by atoms with Crippen molar-refractivity contribution in [2.75, 3.05) is 20.1 Å². The standard InChI is InChI=1S/C18H28N2O/c1-3-4-6-15-8-10-16(11-9-15)13-18(21)20-12-5-7-17(20)14-19-2/h8-11,17,19H,3-7,12-14H2,1-2H3. The third-order valence-corrected chi connectivity index (χ3v) is 4.33. The van der Waals surface area contributed by atoms with Crippen LogP contribution in [0.25, 0.3) is 0 Å². The molecule has 1 saturated heterocycles. The number of aryl methyl sites for hydroxylation is 1. The summed E-state index contributed by atoms with van der Waals surface area (Å²) in [5.74, 6) is 0.272. The summed E-state index contributed by atoms with van der Waals surface area (Å²) < 4.78 is 0. The molecule has 1 aliphatic rings. The summed E-state index contributed by atoms with van der Waals surface area (Å²) in [7, 11) is 1.95. The van der Waals surface area contributed by atoms with Crippen molar-refractivity contribution in [1.29, 1.82) is 0 Å². The lowest BCUT2D eigenvalue weighted by atomic mass is 10.0. The fourth-order valence-corrected chi connectivity index (χ4v) is 3.09. The second kappa shape index (κ2) is 8.18. The van der Waals surface area contributed by atoms with E-state index in [2.05, 4.69) is 41.4 Å². The number of hydrogen-bond acceptors (Lipinski definition) is 2. The number of amides is 1. The van der Waals surface area contributed by atoms with Crippen molar-refractivity contribution in [1.82, 2.24) is 10.2 Å². The minimum Gasteiger partial charge on any atom is -0.338 e. The van der Waals surface area contributed by atoms with E-state index < -0.39 is 0 Å². The van der Waals surface area contributed by atoms with Crippen LogP contribution in [0.4, 0.5) is 0 Å². The Bertz CT molecular complexity index is 441. The predicted molar refractivity (Wildman–Crippen MR) is 87.4 cm³/mol. The number of benzene rings is 1. The molecule has 1 aliphatic heterocycles. The maximum Gasteiger partial charge on any atom is 0.227 e. The predicted octanol–water partition coefficient (Wildman–Crippen LogP) is 2.78. The van der Waals surface area contributed by atoms with E-state index >= 15 is 0 Å². The number of likely N-dealkylation sites (N-methyl/N-ethyl adjacent to an activating group) is 1. The highest BCUT2D eigenvalue weighted by atomic mass is 16.2. The number of carbonyl (C=O) groups excluding carboxylic acids is 1. The van der Waals surface area contributed by atoms with Crippen molar-refractivity contribution in [3.8, 4) is 0 Å². The van der Waals surface area contributed by atoms with Crippen molar-refractivity contribution < 1.29 is 4.79 Å². The zero-order valence-corrected chi connectivity index (χ0v) is 13.4. The third kappa shape index (κ3) is 4.57. The van der Waals surface area contributed by atoms with Crippen LogP contribution in [0.2, 0.25) is 0 Å². The topological polar surface area (TPSA) is 32.3 Å². The van der Waals surface area contributed by atoms with Crippen molar-refractivity contribution >= 4 is 5.91 Å². The lowest BCUT2D eigenvalue weighted by Crippen LogP contribution is -2.41. The molecule has 0 saturated carbocycles. The largest absolute Gasteiger partial charge is 0.338 e. The number of rotatable bonds is 7. The van der Waals surface area contributed by atoms with Crippen LogP contribution >= 0.6 is 0 Å². The second-order valence-corrected chi connectivity index (χ2v) is 6.04. The second-order valence-electron chi connectivity index (χ2n) is 6.04. The van der Waals surface area contributed by atoms with E-state index in [0.717, 1.165) is 37.9 Å². The van der Waals surface area contributed by atoms with Crippen LogP contribution in [-0.2, 0) is 17.6 Å². The average molecular weight is 288 g/mol. The van der Waals surface area contributed by atoms with Crippen LogP contribution in [0.3, 0.4) is 0 Å². The zero-order chi connectivity index (χ0) is 15.1. The van der Waals surface area contributed by atoms with E-state index in [4.69, 9.17) is 0 Å². The molecule has 2 rings (SSSR count). The fraction of sp³-hybridized carbons (Fsp3) is 0.611. The molecule has 1 fully saturated rings. The van der Waals surface area contributed by atoms with Gasteiger partial charge in [0.1, 0.15) is 0 Å². The molecule has 0 aliphatic carbocycles. The Balaban J connectivity index is 1.90. The smallest absolute Gasteiger partial charge is 0.227 e. The molecule has 116 valence electrons. The molecular formula is C18H28N2O. The van der Waals surface area contributed by atoms with Gasteiger partial charge in [-0.05, 0) is 43.9 Å². The van der Waals surface area contributed by atoms with Gasteiger partial charge in [0.2, 0.25) is 5.91 Å². The number of carbonyl (C=O) groups is 1. The molecule has 1 unspecified atom stereocenters. The molecule has 0 bridgehead atoms. The van der Waals surface area contributed by atoms with Gasteiger partial charge < -0.3 is 10.2 Å². The molecule has 0 radical (unpaired) electrons. The Kier molecular flexibility index (Phi) is 6.24. The van der Waals surface area contributed by atoms with Gasteiger partial charge in [-0.15, -0.1) is 0 Å². The minimum atomic E-state index is 0.272. The highest BCUT2D eigenvalue weighted by molar-refractivity contribution is 5.79. The Morgan fingerprint density at radius 2 is 2.00 bits per heavy atom. The molecule has 3 heteroatoms. The van der Waals surface area contributed by atoms with Crippen LogP contribution in [-0.4, -0.2) is 37.0 Å². The van der Waals surface area contributed by atoms with Crippen LogP contribution in [0.1, 0.15) is 43.7 Å². The molecular weight excluding hydrogens is 260 g/mol. The monoisotopic (exact) mass is 288 g/mol. The molecule has 0 aromatic heterocycles. The molecule has 1 aromatic rings. The Hall–Kier alpha value is -1.35. The quantitative estimate of drug-likeness (QED) is 0.837. The van der Waals surface area contributed by atoms with Crippen molar-refractivity contribution in [3.05, 3.63) is 35.4 Å². The first-order chi connectivity index (χ1) is 10.2. The first-order valence-electron chi connectivity index (χ1n) is 8.26. The van der Waals surface area contributed by atoms with Gasteiger partial charge in [0.25, 0.3) is 0 Å². The highest BCUT2D eigenvalue weighted by Crippen LogP contribution is 2.18. The molecule has 1 atom stereocenters. The maximum atomic E-state index is 12.5. The van der Waals surface area contributed by atoms with Crippen molar-refractivity contribution in [2.45, 2.75) is 51.5 Å². The van der Waals surface area contributed by atoms with E-state index in [9.17, 15) is 4.79 Å². The van der Waals surface area contributed by atoms with E-state index in [1.165, 1.54) is 18.4 Å². The third-order valence-electron chi connectivity index (χ3n) is 4.33. The lowest BCUT2D eigenvalue weighted by Gasteiger charge is -2.24. The normalized spacial score (nSPS) is 18.2. The summed E-state index contributed by atoms with van der Waals surface area (Å²) in [5.41, 5.74) is 2.51. The molecule has 1 aromatic carbocycles. The van der Waals surface area contributed by atoms with Gasteiger partial charge in [0.15, 0.2) is 0 Å². The summed E-state index contributed by atoms with van der Waals surface area (Å²) in [6, 6.07) is 8.96. The van der Waals surface area contributed by atoms with Crippen LogP contribution in [0.15, 0.2) is 24.3 Å². The number of nitrogens with zero attached hydrogens (tertiary/aromatic N) is 1. The first kappa shape index (κ1) is 16.0. The summed E-state index contributed by atoms with van der Waals surface area (Å²) >= 11 is 0. The van der Waals surface area contributed by atoms with Crippen molar-refractivity contribution in [2.24, 2.45) is 0 Å².